The van der Waals surface area contributed by atoms with Gasteiger partial charge in [-0.15, -0.1) is 5.10 Å². The lowest BCUT2D eigenvalue weighted by molar-refractivity contribution is 0.0953. The molecule has 2 aromatic carbocycles. The lowest BCUT2D eigenvalue weighted by Gasteiger charge is -2.18. The van der Waals surface area contributed by atoms with E-state index in [1.807, 2.05) is 36.2 Å². The fraction of sp³-hybridized carbons (Fsp3) is 0.448. The molecule has 2 aliphatic heterocycles. The molecule has 0 radical (unpaired) electrons. The van der Waals surface area contributed by atoms with Gasteiger partial charge in [-0.2, -0.15) is 11.8 Å². The first-order valence-corrected chi connectivity index (χ1v) is 15.0. The largest absolute Gasteiger partial charge is 0.352 e. The van der Waals surface area contributed by atoms with E-state index >= 15 is 0 Å². The van der Waals surface area contributed by atoms with E-state index in [-0.39, 0.29) is 35.9 Å². The Bertz CT molecular complexity index is 1300. The van der Waals surface area contributed by atoms with Gasteiger partial charge in [-0.3, -0.25) is 4.79 Å². The van der Waals surface area contributed by atoms with Gasteiger partial charge >= 0.3 is 6.03 Å². The lowest BCUT2D eigenvalue weighted by Crippen LogP contribution is -2.36. The van der Waals surface area contributed by atoms with Crippen LogP contribution in [-0.4, -0.2) is 63.1 Å². The van der Waals surface area contributed by atoms with Crippen molar-refractivity contribution in [3.63, 3.8) is 0 Å². The molecule has 0 saturated carbocycles. The topological polar surface area (TPSA) is 127 Å². The van der Waals surface area contributed by atoms with Gasteiger partial charge in [0.2, 0.25) is 0 Å². The van der Waals surface area contributed by atoms with Crippen LogP contribution in [0.4, 0.5) is 9.18 Å². The van der Waals surface area contributed by atoms with Crippen LogP contribution in [0.15, 0.2) is 54.7 Å². The minimum Gasteiger partial charge on any atom is -0.352 e. The number of amides is 3. The number of fused-ring (bicyclic) bond motifs is 1. The summed E-state index contributed by atoms with van der Waals surface area (Å²) in [5.41, 5.74) is 8.57. The van der Waals surface area contributed by atoms with Gasteiger partial charge in [-0.05, 0) is 67.6 Å². The molecule has 1 unspecified atom stereocenters. The summed E-state index contributed by atoms with van der Waals surface area (Å²) in [6.45, 7) is 1.05. The maximum Gasteiger partial charge on any atom is 0.315 e. The minimum absolute atomic E-state index is 0.0419. The molecule has 2 saturated heterocycles. The van der Waals surface area contributed by atoms with E-state index in [0.29, 0.717) is 23.9 Å². The van der Waals surface area contributed by atoms with Crippen molar-refractivity contribution < 1.29 is 14.0 Å². The molecule has 4 atom stereocenters. The van der Waals surface area contributed by atoms with E-state index in [9.17, 15) is 14.0 Å². The summed E-state index contributed by atoms with van der Waals surface area (Å²) in [6, 6.07) is 13.9. The molecule has 9 nitrogen and oxygen atoms in total. The summed E-state index contributed by atoms with van der Waals surface area (Å²) >= 11 is 1.94. The van der Waals surface area contributed by atoms with E-state index in [2.05, 4.69) is 26.3 Å². The average Bonchev–Trinajstić information content (AvgIpc) is 3.66. The Hall–Kier alpha value is -3.44. The fourth-order valence-corrected chi connectivity index (χ4v) is 6.97. The number of aromatic nitrogens is 3. The van der Waals surface area contributed by atoms with Crippen molar-refractivity contribution >= 4 is 23.7 Å². The predicted octanol–water partition coefficient (Wildman–Crippen LogP) is 3.40. The summed E-state index contributed by atoms with van der Waals surface area (Å²) in [5.74, 6) is 0.508. The Morgan fingerprint density at radius 1 is 1.12 bits per heavy atom. The number of benzene rings is 2. The number of nitrogens with two attached hydrogens (primary N) is 1. The van der Waals surface area contributed by atoms with Crippen LogP contribution in [0.25, 0.3) is 0 Å². The maximum absolute atomic E-state index is 14.2. The highest BCUT2D eigenvalue weighted by molar-refractivity contribution is 8.00. The number of urea groups is 1. The molecule has 0 aliphatic carbocycles. The molecule has 2 aliphatic rings. The number of nitrogens with one attached hydrogen (secondary N) is 3. The number of halogens is 1. The summed E-state index contributed by atoms with van der Waals surface area (Å²) in [4.78, 5) is 24.0. The lowest BCUT2D eigenvalue weighted by atomic mass is 9.97. The molecule has 3 heterocycles. The van der Waals surface area contributed by atoms with Crippen molar-refractivity contribution in [2.45, 2.75) is 61.9 Å². The first-order valence-electron chi connectivity index (χ1n) is 13.9. The Morgan fingerprint density at radius 2 is 1.98 bits per heavy atom. The summed E-state index contributed by atoms with van der Waals surface area (Å²) in [6.07, 6.45) is 7.71. The van der Waals surface area contributed by atoms with Crippen LogP contribution in [0.2, 0.25) is 0 Å². The highest BCUT2D eigenvalue weighted by atomic mass is 32.2. The second kappa shape index (κ2) is 13.3. The van der Waals surface area contributed by atoms with Crippen LogP contribution >= 0.6 is 11.8 Å². The molecule has 2 fully saturated rings. The number of unbranched alkanes of at least 4 members (excludes halogenated alkanes) is 2. The van der Waals surface area contributed by atoms with Gasteiger partial charge in [0.25, 0.3) is 5.91 Å². The van der Waals surface area contributed by atoms with Crippen molar-refractivity contribution in [2.75, 3.05) is 18.8 Å². The Labute approximate surface area is 237 Å². The van der Waals surface area contributed by atoms with Crippen LogP contribution in [-0.2, 0) is 6.42 Å². The molecular weight excluding hydrogens is 529 g/mol. The molecule has 0 bridgehead atoms. The third-order valence-corrected chi connectivity index (χ3v) is 9.01. The number of hydrogen-bond acceptors (Lipinski definition) is 6. The van der Waals surface area contributed by atoms with E-state index in [1.54, 1.807) is 22.9 Å². The van der Waals surface area contributed by atoms with Crippen LogP contribution in [0.3, 0.4) is 0 Å². The zero-order valence-electron chi connectivity index (χ0n) is 22.4. The number of carbonyl (C=O) groups is 2. The Balaban J connectivity index is 1.20. The average molecular weight is 566 g/mol. The molecule has 5 rings (SSSR count). The number of rotatable bonds is 13. The molecule has 3 amide bonds. The highest BCUT2D eigenvalue weighted by Crippen LogP contribution is 2.33. The van der Waals surface area contributed by atoms with Crippen molar-refractivity contribution in [3.8, 4) is 0 Å². The van der Waals surface area contributed by atoms with Gasteiger partial charge in [-0.1, -0.05) is 42.3 Å². The highest BCUT2D eigenvalue weighted by Gasteiger charge is 2.42. The van der Waals surface area contributed by atoms with Gasteiger partial charge in [0.15, 0.2) is 0 Å². The summed E-state index contributed by atoms with van der Waals surface area (Å²) in [7, 11) is 0. The number of nitrogens with zero attached hydrogens (tertiary/aromatic N) is 3. The third kappa shape index (κ3) is 6.82. The second-order valence-electron chi connectivity index (χ2n) is 10.4. The van der Waals surface area contributed by atoms with Crippen LogP contribution in [0.1, 0.15) is 65.3 Å². The smallest absolute Gasteiger partial charge is 0.315 e. The van der Waals surface area contributed by atoms with Gasteiger partial charge in [0, 0.05) is 29.3 Å². The van der Waals surface area contributed by atoms with Crippen LogP contribution < -0.4 is 21.7 Å². The summed E-state index contributed by atoms with van der Waals surface area (Å²) in [5, 5.41) is 18.2. The first-order chi connectivity index (χ1) is 19.5. The van der Waals surface area contributed by atoms with Gasteiger partial charge < -0.3 is 21.7 Å². The second-order valence-corrected chi connectivity index (χ2v) is 11.7. The monoisotopic (exact) mass is 565 g/mol. The SMILES string of the molecule is NCCCNC(=O)c1ccc(C(c2cccc(F)c2)n2cc(CCCCC[C@@H]3SC[C@@H]4NC(=O)N[C@@H]43)nn2)cc1. The quantitative estimate of drug-likeness (QED) is 0.186. The van der Waals surface area contributed by atoms with Gasteiger partial charge in [-0.25, -0.2) is 13.9 Å². The molecule has 5 N–H and O–H groups in total. The van der Waals surface area contributed by atoms with E-state index in [0.717, 1.165) is 61.1 Å². The zero-order valence-corrected chi connectivity index (χ0v) is 23.2. The van der Waals surface area contributed by atoms with E-state index in [4.69, 9.17) is 5.73 Å². The molecule has 11 heteroatoms. The van der Waals surface area contributed by atoms with Crippen molar-refractivity contribution in [3.05, 3.63) is 82.9 Å². The van der Waals surface area contributed by atoms with Crippen molar-refractivity contribution in [1.82, 2.24) is 30.9 Å². The first kappa shape index (κ1) is 28.1. The van der Waals surface area contributed by atoms with Crippen molar-refractivity contribution in [2.24, 2.45) is 5.73 Å². The van der Waals surface area contributed by atoms with Crippen molar-refractivity contribution in [1.29, 1.82) is 0 Å². The molecule has 3 aromatic rings. The normalized spacial score (nSPS) is 20.6. The molecule has 40 heavy (non-hydrogen) atoms. The number of aryl methyl sites for hydroxylation is 1. The summed E-state index contributed by atoms with van der Waals surface area (Å²) < 4.78 is 16.0. The van der Waals surface area contributed by atoms with Gasteiger partial charge in [0.1, 0.15) is 11.9 Å². The number of thioether (sulfide) groups is 1. The zero-order chi connectivity index (χ0) is 27.9. The predicted molar refractivity (Wildman–Crippen MR) is 154 cm³/mol. The van der Waals surface area contributed by atoms with Crippen LogP contribution in [0, 0.1) is 5.82 Å². The third-order valence-electron chi connectivity index (χ3n) is 7.50. The van der Waals surface area contributed by atoms with Crippen LogP contribution in [0.5, 0.6) is 0 Å². The maximum atomic E-state index is 14.2. The minimum atomic E-state index is -0.381. The molecule has 0 spiro atoms. The molecule has 212 valence electrons. The van der Waals surface area contributed by atoms with Gasteiger partial charge in [0.05, 0.1) is 17.8 Å². The van der Waals surface area contributed by atoms with E-state index < -0.39 is 0 Å². The number of carbonyl (C=O) groups excluding carboxylic acids is 2. The van der Waals surface area contributed by atoms with E-state index in [1.165, 1.54) is 12.1 Å². The molecule has 1 aromatic heterocycles. The number of hydrogen-bond donors (Lipinski definition) is 4. The fourth-order valence-electron chi connectivity index (χ4n) is 5.42. The standard InChI is InChI=1S/C29H36FN7O2S/c30-22-7-4-6-21(16-22)27(19-10-12-20(13-11-19)28(38)32-15-5-14-31)37-17-23(35-36-37)8-2-1-3-9-25-26-24(18-40-25)33-29(39)34-26/h4,6-7,10-13,16-17,24-27H,1-3,5,8-9,14-15,18,31H2,(H,32,38)(H2,33,34,39)/t24-,25-,26-,27?/m0/s1. The Morgan fingerprint density at radius 3 is 2.77 bits per heavy atom. The Kier molecular flexibility index (Phi) is 9.33. The molecular formula is C29H36FN7O2S.